The number of allylic oxidation sites excluding steroid dienone is 6. The Morgan fingerprint density at radius 1 is 1.12 bits per heavy atom. The lowest BCUT2D eigenvalue weighted by Crippen LogP contribution is -2.35. The van der Waals surface area contributed by atoms with Gasteiger partial charge in [0.15, 0.2) is 0 Å². The minimum Gasteiger partial charge on any atom is -0.465 e. The molecule has 2 N–H and O–H groups in total. The van der Waals surface area contributed by atoms with E-state index in [0.717, 1.165) is 29.9 Å². The Labute approximate surface area is 289 Å². The smallest absolute Gasteiger partial charge is 0.337 e. The molecule has 0 fully saturated rings. The molecule has 11 nitrogen and oxygen atoms in total. The molecule has 0 bridgehead atoms. The molecule has 1 aromatic heterocycles. The van der Waals surface area contributed by atoms with Crippen LogP contribution in [0.4, 0.5) is 11.4 Å². The molecule has 0 radical (unpaired) electrons. The van der Waals surface area contributed by atoms with E-state index in [0.29, 0.717) is 29.4 Å². The third-order valence-electron chi connectivity index (χ3n) is 7.45. The van der Waals surface area contributed by atoms with Crippen molar-refractivity contribution in [2.24, 2.45) is 11.8 Å². The first-order valence-corrected chi connectivity index (χ1v) is 17.3. The van der Waals surface area contributed by atoms with Gasteiger partial charge in [-0.2, -0.15) is 4.98 Å². The number of sulfonamides is 1. The minimum absolute atomic E-state index is 0.0254. The predicted octanol–water partition coefficient (Wildman–Crippen LogP) is 6.92. The minimum atomic E-state index is -4.04. The van der Waals surface area contributed by atoms with E-state index >= 15 is 0 Å². The first-order valence-electron chi connectivity index (χ1n) is 15.8. The van der Waals surface area contributed by atoms with E-state index in [9.17, 15) is 18.0 Å². The maximum atomic E-state index is 12.9. The predicted molar refractivity (Wildman–Crippen MR) is 195 cm³/mol. The molecule has 3 aromatic rings. The Morgan fingerprint density at radius 3 is 2.59 bits per heavy atom. The lowest BCUT2D eigenvalue weighted by atomic mass is 10.0. The van der Waals surface area contributed by atoms with Crippen molar-refractivity contribution in [3.63, 3.8) is 0 Å². The molecule has 0 aliphatic carbocycles. The molecule has 2 aromatic carbocycles. The number of hydrogen-bond acceptors (Lipinski definition) is 10. The summed E-state index contributed by atoms with van der Waals surface area (Å²) in [5.41, 5.74) is 3.87. The number of carbonyl (C=O) groups is 2. The number of anilines is 2. The molecule has 1 unspecified atom stereocenters. The number of amides is 1. The highest BCUT2D eigenvalue weighted by Crippen LogP contribution is 2.31. The molecule has 1 amide bonds. The molecule has 0 saturated carbocycles. The van der Waals surface area contributed by atoms with Crippen LogP contribution in [0.3, 0.4) is 0 Å². The maximum Gasteiger partial charge on any atom is 0.337 e. The molecule has 0 aliphatic rings. The third-order valence-corrected chi connectivity index (χ3v) is 8.90. The normalized spacial score (nSPS) is 12.7. The van der Waals surface area contributed by atoms with Crippen LogP contribution in [0.25, 0.3) is 17.5 Å². The molecule has 1 atom stereocenters. The lowest BCUT2D eigenvalue weighted by Gasteiger charge is -2.24. The molecule has 12 heteroatoms. The summed E-state index contributed by atoms with van der Waals surface area (Å²) in [7, 11) is -0.653. The highest BCUT2D eigenvalue weighted by Gasteiger charge is 2.22. The number of carbonyl (C=O) groups excluding carboxylic acids is 2. The van der Waals surface area contributed by atoms with E-state index < -0.39 is 27.8 Å². The Morgan fingerprint density at radius 2 is 1.90 bits per heavy atom. The van der Waals surface area contributed by atoms with E-state index in [1.807, 2.05) is 37.4 Å². The number of nitrogens with zero attached hydrogens (tertiary/aromatic N) is 3. The maximum absolute atomic E-state index is 12.9. The van der Waals surface area contributed by atoms with E-state index in [1.165, 1.54) is 50.5 Å². The van der Waals surface area contributed by atoms with E-state index in [4.69, 9.17) is 9.26 Å². The topological polar surface area (TPSA) is 144 Å². The number of methoxy groups -OCH3 is 1. The van der Waals surface area contributed by atoms with E-state index in [2.05, 4.69) is 52.1 Å². The van der Waals surface area contributed by atoms with Crippen molar-refractivity contribution in [1.82, 2.24) is 14.9 Å². The fraction of sp³-hybridized carbons (Fsp3) is 0.297. The van der Waals surface area contributed by atoms with Crippen molar-refractivity contribution < 1.29 is 27.3 Å². The van der Waals surface area contributed by atoms with Crippen LogP contribution < -0.4 is 14.9 Å². The first-order chi connectivity index (χ1) is 23.4. The van der Waals surface area contributed by atoms with Crippen LogP contribution in [-0.4, -0.2) is 51.1 Å². The standard InChI is InChI=1S/C37H45N5O6S/c1-8-10-11-14-27(5)49(45,46)41-36(43)29(13-9-2)18-20-34-39-35(40-48-34)30-17-19-33(42(6)22-21-26(3)4)32(24-30)38-25-28-15-12-16-31(23-28)37(44)47-7/h8-12,14-20,23-24,26,29,38H,1-2,13,21-22,25H2,3-7H3,(H,41,43)/b11-10-,20-18+,27-14+. The Balaban J connectivity index is 1.85. The summed E-state index contributed by atoms with van der Waals surface area (Å²) in [6.45, 7) is 14.3. The van der Waals surface area contributed by atoms with Crippen LogP contribution in [0.5, 0.6) is 0 Å². The molecular formula is C37H45N5O6S. The Bertz CT molecular complexity index is 1820. The second kappa shape index (κ2) is 18.3. The van der Waals surface area contributed by atoms with Crippen molar-refractivity contribution in [2.45, 2.75) is 40.2 Å². The Kier molecular flexibility index (Phi) is 14.3. The zero-order valence-electron chi connectivity index (χ0n) is 28.7. The zero-order chi connectivity index (χ0) is 36.0. The summed E-state index contributed by atoms with van der Waals surface area (Å²) in [5, 5.41) is 7.64. The number of esters is 1. The summed E-state index contributed by atoms with van der Waals surface area (Å²) in [5.74, 6) is -0.974. The van der Waals surface area contributed by atoms with Crippen LogP contribution in [0.1, 0.15) is 55.4 Å². The van der Waals surface area contributed by atoms with E-state index in [1.54, 1.807) is 18.2 Å². The number of hydrogen-bond donors (Lipinski definition) is 2. The summed E-state index contributed by atoms with van der Waals surface area (Å²) in [6.07, 6.45) is 11.7. The number of aromatic nitrogens is 2. The van der Waals surface area contributed by atoms with Crippen LogP contribution in [0.2, 0.25) is 0 Å². The van der Waals surface area contributed by atoms with Crippen molar-refractivity contribution >= 4 is 39.4 Å². The summed E-state index contributed by atoms with van der Waals surface area (Å²) in [6, 6.07) is 13.1. The van der Waals surface area contributed by atoms with Gasteiger partial charge in [0.2, 0.25) is 11.7 Å². The van der Waals surface area contributed by atoms with Gasteiger partial charge in [-0.05, 0) is 67.7 Å². The number of benzene rings is 2. The van der Waals surface area contributed by atoms with E-state index in [-0.39, 0.29) is 17.2 Å². The third kappa shape index (κ3) is 11.5. The molecule has 49 heavy (non-hydrogen) atoms. The summed E-state index contributed by atoms with van der Waals surface area (Å²) in [4.78, 5) is 31.6. The molecule has 0 spiro atoms. The van der Waals surface area contributed by atoms with Crippen molar-refractivity contribution in [3.05, 3.63) is 114 Å². The van der Waals surface area contributed by atoms with Crippen LogP contribution in [0.15, 0.2) is 102 Å². The highest BCUT2D eigenvalue weighted by molar-refractivity contribution is 7.93. The lowest BCUT2D eigenvalue weighted by molar-refractivity contribution is -0.121. The summed E-state index contributed by atoms with van der Waals surface area (Å²) >= 11 is 0. The fourth-order valence-electron chi connectivity index (χ4n) is 4.56. The number of rotatable bonds is 18. The molecule has 0 aliphatic heterocycles. The molecule has 260 valence electrons. The monoisotopic (exact) mass is 687 g/mol. The molecular weight excluding hydrogens is 643 g/mol. The van der Waals surface area contributed by atoms with Gasteiger partial charge < -0.3 is 19.5 Å². The van der Waals surface area contributed by atoms with Gasteiger partial charge in [-0.3, -0.25) is 4.79 Å². The summed E-state index contributed by atoms with van der Waals surface area (Å²) < 4.78 is 37.7. The molecule has 3 rings (SSSR count). The zero-order valence-corrected chi connectivity index (χ0v) is 29.5. The van der Waals surface area contributed by atoms with Gasteiger partial charge in [-0.1, -0.05) is 68.1 Å². The van der Waals surface area contributed by atoms with Crippen molar-refractivity contribution in [3.8, 4) is 11.4 Å². The fourth-order valence-corrected chi connectivity index (χ4v) is 5.40. The van der Waals surface area contributed by atoms with Gasteiger partial charge in [0, 0.05) is 31.8 Å². The van der Waals surface area contributed by atoms with Gasteiger partial charge in [-0.15, -0.1) is 6.58 Å². The van der Waals surface area contributed by atoms with Gasteiger partial charge in [-0.25, -0.2) is 17.9 Å². The second-order valence-corrected chi connectivity index (χ2v) is 13.6. The SMILES string of the molecule is C=C/C=C\C=C(/C)S(=O)(=O)NC(=O)C(/C=C/c1nc(-c2ccc(N(C)CCC(C)C)c(NCc3cccc(C(=O)OC)c3)c2)no1)CC=C. The van der Waals surface area contributed by atoms with Gasteiger partial charge in [0.05, 0.1) is 34.9 Å². The van der Waals surface area contributed by atoms with Crippen LogP contribution in [-0.2, 0) is 26.1 Å². The molecule has 1 heterocycles. The highest BCUT2D eigenvalue weighted by atomic mass is 32.2. The first kappa shape index (κ1) is 38.2. The van der Waals surface area contributed by atoms with Gasteiger partial charge in [0.1, 0.15) is 0 Å². The van der Waals surface area contributed by atoms with Crippen molar-refractivity contribution in [1.29, 1.82) is 0 Å². The molecule has 0 saturated heterocycles. The largest absolute Gasteiger partial charge is 0.465 e. The van der Waals surface area contributed by atoms with Crippen LogP contribution in [0, 0.1) is 11.8 Å². The Hall–Kier alpha value is -5.23. The average molecular weight is 688 g/mol. The average Bonchev–Trinajstić information content (AvgIpc) is 3.56. The number of ether oxygens (including phenoxy) is 1. The van der Waals surface area contributed by atoms with Gasteiger partial charge in [0.25, 0.3) is 15.9 Å². The second-order valence-electron chi connectivity index (χ2n) is 11.7. The number of nitrogens with one attached hydrogen (secondary N) is 2. The van der Waals surface area contributed by atoms with Crippen LogP contribution >= 0.6 is 0 Å². The van der Waals surface area contributed by atoms with Crippen molar-refractivity contribution in [2.75, 3.05) is 30.9 Å². The quantitative estimate of drug-likeness (QED) is 0.0822. The van der Waals surface area contributed by atoms with Gasteiger partial charge >= 0.3 is 5.97 Å².